The maximum Gasteiger partial charge on any atom is 0.173 e. The topological polar surface area (TPSA) is 68.9 Å². The Balaban J connectivity index is 0.000000136. The van der Waals surface area contributed by atoms with E-state index in [0.717, 1.165) is 5.52 Å². The van der Waals surface area contributed by atoms with Crippen molar-refractivity contribution in [3.05, 3.63) is 54.6 Å². The minimum atomic E-state index is 0.222. The third-order valence-corrected chi connectivity index (χ3v) is 2.01. The van der Waals surface area contributed by atoms with Crippen molar-refractivity contribution in [1.82, 2.24) is 15.4 Å². The van der Waals surface area contributed by atoms with Crippen LogP contribution in [0.5, 0.6) is 0 Å². The first-order valence-corrected chi connectivity index (χ1v) is 4.92. The number of hydrogen-bond donors (Lipinski definition) is 0. The summed E-state index contributed by atoms with van der Waals surface area (Å²) in [5.74, 6) is 0. The fraction of sp³-hybridized carbons (Fsp3) is 0. The number of carbonyl (C=O) groups excluding carboxylic acids is 1. The number of nitrogens with zero attached hydrogens (tertiary/aromatic N) is 3. The highest BCUT2D eigenvalue weighted by Gasteiger charge is 1.88. The van der Waals surface area contributed by atoms with Gasteiger partial charge in [0, 0.05) is 16.9 Å². The molecule has 0 radical (unpaired) electrons. The SMILES string of the molecule is O=Cc1conn1.c1ccc2ncccc2c1. The third-order valence-electron chi connectivity index (χ3n) is 2.01. The summed E-state index contributed by atoms with van der Waals surface area (Å²) in [7, 11) is 0. The zero-order valence-corrected chi connectivity index (χ0v) is 8.85. The van der Waals surface area contributed by atoms with Crippen LogP contribution in [0.1, 0.15) is 10.5 Å². The lowest BCUT2D eigenvalue weighted by Gasteiger charge is -1.91. The third kappa shape index (κ3) is 2.94. The number of hydrogen-bond acceptors (Lipinski definition) is 5. The van der Waals surface area contributed by atoms with Crippen LogP contribution in [0, 0.1) is 0 Å². The molecule has 0 N–H and O–H groups in total. The van der Waals surface area contributed by atoms with E-state index in [1.807, 2.05) is 30.5 Å². The molecular formula is C12H9N3O2. The molecule has 0 spiro atoms. The van der Waals surface area contributed by atoms with Crippen LogP contribution in [-0.4, -0.2) is 21.6 Å². The van der Waals surface area contributed by atoms with Gasteiger partial charge in [0.2, 0.25) is 0 Å². The number of aldehydes is 1. The van der Waals surface area contributed by atoms with Gasteiger partial charge in [-0.3, -0.25) is 9.78 Å². The quantitative estimate of drug-likeness (QED) is 0.595. The maximum atomic E-state index is 9.71. The van der Waals surface area contributed by atoms with E-state index >= 15 is 0 Å². The summed E-state index contributed by atoms with van der Waals surface area (Å²) in [6.45, 7) is 0. The lowest BCUT2D eigenvalue weighted by Crippen LogP contribution is -1.75. The molecule has 17 heavy (non-hydrogen) atoms. The van der Waals surface area contributed by atoms with Gasteiger partial charge in [0.1, 0.15) is 0 Å². The molecular weight excluding hydrogens is 218 g/mol. The molecule has 2 heterocycles. The average Bonchev–Trinajstić information content (AvgIpc) is 2.93. The van der Waals surface area contributed by atoms with Gasteiger partial charge in [0.25, 0.3) is 0 Å². The Morgan fingerprint density at radius 3 is 2.59 bits per heavy atom. The molecule has 0 amide bonds. The van der Waals surface area contributed by atoms with Crippen molar-refractivity contribution in [3.8, 4) is 0 Å². The number of pyridine rings is 1. The summed E-state index contributed by atoms with van der Waals surface area (Å²) in [5.41, 5.74) is 1.28. The van der Waals surface area contributed by atoms with Gasteiger partial charge >= 0.3 is 0 Å². The molecule has 0 unspecified atom stereocenters. The van der Waals surface area contributed by atoms with Crippen molar-refractivity contribution >= 4 is 17.2 Å². The molecule has 0 aliphatic carbocycles. The fourth-order valence-corrected chi connectivity index (χ4v) is 1.24. The number of rotatable bonds is 1. The highest BCUT2D eigenvalue weighted by Crippen LogP contribution is 2.07. The molecule has 5 heteroatoms. The summed E-state index contributed by atoms with van der Waals surface area (Å²) in [4.78, 5) is 13.9. The van der Waals surface area contributed by atoms with E-state index in [1.165, 1.54) is 11.6 Å². The smallest absolute Gasteiger partial charge is 0.173 e. The van der Waals surface area contributed by atoms with Crippen molar-refractivity contribution in [2.75, 3.05) is 0 Å². The Hall–Kier alpha value is -2.56. The van der Waals surface area contributed by atoms with Crippen molar-refractivity contribution in [1.29, 1.82) is 0 Å². The Labute approximate surface area is 97.1 Å². The molecule has 1 aromatic carbocycles. The number of fused-ring (bicyclic) bond motifs is 1. The molecule has 5 nitrogen and oxygen atoms in total. The largest absolute Gasteiger partial charge is 0.345 e. The minimum absolute atomic E-state index is 0.222. The molecule has 0 saturated heterocycles. The average molecular weight is 227 g/mol. The highest BCUT2D eigenvalue weighted by atomic mass is 16.5. The molecule has 3 aromatic rings. The second kappa shape index (κ2) is 5.50. The van der Waals surface area contributed by atoms with Crippen LogP contribution in [0.2, 0.25) is 0 Å². The van der Waals surface area contributed by atoms with Gasteiger partial charge in [-0.05, 0) is 12.1 Å². The second-order valence-corrected chi connectivity index (χ2v) is 3.14. The van der Waals surface area contributed by atoms with Gasteiger partial charge in [-0.25, -0.2) is 0 Å². The van der Waals surface area contributed by atoms with Crippen molar-refractivity contribution < 1.29 is 9.32 Å². The molecule has 0 bridgehead atoms. The molecule has 3 rings (SSSR count). The van der Waals surface area contributed by atoms with Crippen LogP contribution in [0.15, 0.2) is 53.4 Å². The first-order chi connectivity index (χ1) is 8.40. The molecule has 0 fully saturated rings. The van der Waals surface area contributed by atoms with Crippen molar-refractivity contribution in [2.24, 2.45) is 0 Å². The lowest BCUT2D eigenvalue weighted by molar-refractivity contribution is 0.111. The molecule has 2 aromatic heterocycles. The monoisotopic (exact) mass is 227 g/mol. The Morgan fingerprint density at radius 1 is 1.12 bits per heavy atom. The summed E-state index contributed by atoms with van der Waals surface area (Å²) >= 11 is 0. The van der Waals surface area contributed by atoms with Crippen molar-refractivity contribution in [3.63, 3.8) is 0 Å². The molecule has 0 atom stereocenters. The van der Waals surface area contributed by atoms with Crippen LogP contribution >= 0.6 is 0 Å². The van der Waals surface area contributed by atoms with E-state index in [9.17, 15) is 4.79 Å². The summed E-state index contributed by atoms with van der Waals surface area (Å²) in [5, 5.41) is 7.49. The number of aromatic nitrogens is 3. The number of para-hydroxylation sites is 1. The Morgan fingerprint density at radius 2 is 1.94 bits per heavy atom. The van der Waals surface area contributed by atoms with E-state index in [1.54, 1.807) is 0 Å². The summed E-state index contributed by atoms with van der Waals surface area (Å²) < 4.78 is 4.21. The normalized spacial score (nSPS) is 9.41. The van der Waals surface area contributed by atoms with Gasteiger partial charge < -0.3 is 4.52 Å². The first kappa shape index (κ1) is 10.9. The molecule has 0 aliphatic rings. The lowest BCUT2D eigenvalue weighted by atomic mass is 10.2. The van der Waals surface area contributed by atoms with Gasteiger partial charge in [0.05, 0.1) is 5.52 Å². The van der Waals surface area contributed by atoms with E-state index < -0.39 is 0 Å². The van der Waals surface area contributed by atoms with Crippen LogP contribution < -0.4 is 0 Å². The first-order valence-electron chi connectivity index (χ1n) is 4.92. The number of benzene rings is 1. The second-order valence-electron chi connectivity index (χ2n) is 3.14. The van der Waals surface area contributed by atoms with E-state index in [-0.39, 0.29) is 5.69 Å². The minimum Gasteiger partial charge on any atom is -0.345 e. The summed E-state index contributed by atoms with van der Waals surface area (Å²) in [6.07, 6.45) is 3.55. The van der Waals surface area contributed by atoms with E-state index in [2.05, 4.69) is 32.0 Å². The van der Waals surface area contributed by atoms with Gasteiger partial charge in [-0.15, -0.1) is 5.10 Å². The standard InChI is InChI=1S/C9H7N.C3H2N2O2/c1-2-6-9-8(4-1)5-3-7-10-9;6-1-3-2-7-5-4-3/h1-7H;1-2H. The zero-order chi connectivity index (χ0) is 11.9. The van der Waals surface area contributed by atoms with E-state index in [4.69, 9.17) is 0 Å². The fourth-order valence-electron chi connectivity index (χ4n) is 1.24. The molecule has 84 valence electrons. The van der Waals surface area contributed by atoms with Gasteiger partial charge in [-0.2, -0.15) is 0 Å². The zero-order valence-electron chi connectivity index (χ0n) is 8.85. The van der Waals surface area contributed by atoms with Gasteiger partial charge in [-0.1, -0.05) is 24.3 Å². The van der Waals surface area contributed by atoms with Crippen LogP contribution in [-0.2, 0) is 0 Å². The van der Waals surface area contributed by atoms with Crippen LogP contribution in [0.25, 0.3) is 10.9 Å². The Kier molecular flexibility index (Phi) is 3.54. The van der Waals surface area contributed by atoms with Crippen LogP contribution in [0.3, 0.4) is 0 Å². The molecule has 0 saturated carbocycles. The van der Waals surface area contributed by atoms with Crippen molar-refractivity contribution in [2.45, 2.75) is 0 Å². The van der Waals surface area contributed by atoms with Gasteiger partial charge in [0.15, 0.2) is 18.2 Å². The van der Waals surface area contributed by atoms with E-state index in [0.29, 0.717) is 6.29 Å². The predicted octanol–water partition coefficient (Wildman–Crippen LogP) is 2.12. The van der Waals surface area contributed by atoms with Crippen LogP contribution in [0.4, 0.5) is 0 Å². The Bertz CT molecular complexity index is 528. The number of carbonyl (C=O) groups is 1. The predicted molar refractivity (Wildman–Crippen MR) is 61.4 cm³/mol. The maximum absolute atomic E-state index is 9.71. The summed E-state index contributed by atoms with van der Waals surface area (Å²) in [6, 6.07) is 12.1. The molecule has 0 aliphatic heterocycles. The highest BCUT2D eigenvalue weighted by molar-refractivity contribution is 5.77.